The Balaban J connectivity index is 1.65. The number of aromatic nitrogens is 3. The third-order valence-electron chi connectivity index (χ3n) is 4.66. The molecule has 1 saturated heterocycles. The summed E-state index contributed by atoms with van der Waals surface area (Å²) in [5.41, 5.74) is 3.06. The van der Waals surface area contributed by atoms with E-state index in [0.29, 0.717) is 19.0 Å². The molecule has 0 N–H and O–H groups in total. The van der Waals surface area contributed by atoms with Crippen LogP contribution in [0, 0.1) is 5.92 Å². The summed E-state index contributed by atoms with van der Waals surface area (Å²) >= 11 is 0. The van der Waals surface area contributed by atoms with Crippen LogP contribution in [0.15, 0.2) is 30.6 Å². The Morgan fingerprint density at radius 2 is 2.08 bits per heavy atom. The van der Waals surface area contributed by atoms with Gasteiger partial charge < -0.3 is 0 Å². The first-order valence-electron chi connectivity index (χ1n) is 8.56. The van der Waals surface area contributed by atoms with Gasteiger partial charge in [0.2, 0.25) is 0 Å². The van der Waals surface area contributed by atoms with Gasteiger partial charge in [-0.2, -0.15) is 22.1 Å². The van der Waals surface area contributed by atoms with Crippen molar-refractivity contribution in [1.29, 1.82) is 0 Å². The Hall–Kier alpha value is -1.77. The second kappa shape index (κ2) is 7.23. The zero-order valence-corrected chi connectivity index (χ0v) is 15.8. The van der Waals surface area contributed by atoms with Gasteiger partial charge in [0.1, 0.15) is 0 Å². The maximum atomic E-state index is 12.2. The number of hydrogen-bond acceptors (Lipinski definition) is 4. The van der Waals surface area contributed by atoms with Crippen molar-refractivity contribution in [2.75, 3.05) is 27.2 Å². The molecule has 2 aromatic heterocycles. The Bertz CT molecular complexity index is 814. The summed E-state index contributed by atoms with van der Waals surface area (Å²) in [6.07, 6.45) is 5.41. The predicted octanol–water partition coefficient (Wildman–Crippen LogP) is 1.64. The fourth-order valence-electron chi connectivity index (χ4n) is 3.24. The van der Waals surface area contributed by atoms with Gasteiger partial charge in [0, 0.05) is 46.1 Å². The fraction of sp³-hybridized carbons (Fsp3) is 0.529. The maximum absolute atomic E-state index is 12.2. The van der Waals surface area contributed by atoms with Gasteiger partial charge in [-0.3, -0.25) is 9.67 Å². The van der Waals surface area contributed by atoms with Crippen LogP contribution in [0.25, 0.3) is 11.4 Å². The van der Waals surface area contributed by atoms with Crippen molar-refractivity contribution in [3.63, 3.8) is 0 Å². The lowest BCUT2D eigenvalue weighted by Crippen LogP contribution is -2.38. The van der Waals surface area contributed by atoms with E-state index in [2.05, 4.69) is 23.1 Å². The molecular formula is C17H25N5O2S. The molecule has 0 radical (unpaired) electrons. The largest absolute Gasteiger partial charge is 0.281 e. The lowest BCUT2D eigenvalue weighted by Gasteiger charge is -2.20. The molecule has 1 fully saturated rings. The second-order valence-electron chi connectivity index (χ2n) is 6.59. The van der Waals surface area contributed by atoms with Crippen LogP contribution in [0.2, 0.25) is 0 Å². The quantitative estimate of drug-likeness (QED) is 0.782. The molecule has 0 unspecified atom stereocenters. The van der Waals surface area contributed by atoms with Crippen LogP contribution in [0.5, 0.6) is 0 Å². The minimum Gasteiger partial charge on any atom is -0.264 e. The zero-order chi connectivity index (χ0) is 18.0. The monoisotopic (exact) mass is 363 g/mol. The van der Waals surface area contributed by atoms with Crippen molar-refractivity contribution in [2.45, 2.75) is 26.3 Å². The highest BCUT2D eigenvalue weighted by atomic mass is 32.2. The molecule has 0 spiro atoms. The number of aryl methyl sites for hydroxylation is 1. The van der Waals surface area contributed by atoms with E-state index >= 15 is 0 Å². The van der Waals surface area contributed by atoms with Crippen molar-refractivity contribution in [1.82, 2.24) is 23.4 Å². The molecule has 0 saturated carbocycles. The molecule has 1 aliphatic heterocycles. The molecule has 0 aliphatic carbocycles. The molecule has 1 atom stereocenters. The lowest BCUT2D eigenvalue weighted by molar-refractivity contribution is 0.409. The maximum Gasteiger partial charge on any atom is 0.281 e. The van der Waals surface area contributed by atoms with Crippen molar-refractivity contribution in [3.8, 4) is 11.4 Å². The van der Waals surface area contributed by atoms with Crippen LogP contribution in [0.1, 0.15) is 18.9 Å². The average molecular weight is 363 g/mol. The van der Waals surface area contributed by atoms with Gasteiger partial charge in [-0.05, 0) is 43.4 Å². The normalized spacial score (nSPS) is 19.0. The molecule has 25 heavy (non-hydrogen) atoms. The molecule has 0 amide bonds. The van der Waals surface area contributed by atoms with Crippen molar-refractivity contribution < 1.29 is 8.42 Å². The van der Waals surface area contributed by atoms with E-state index in [1.807, 2.05) is 23.0 Å². The van der Waals surface area contributed by atoms with E-state index in [9.17, 15) is 8.42 Å². The Morgan fingerprint density at radius 3 is 2.72 bits per heavy atom. The molecule has 8 heteroatoms. The number of nitrogens with zero attached hydrogens (tertiary/aromatic N) is 5. The van der Waals surface area contributed by atoms with Gasteiger partial charge in [0.05, 0.1) is 11.4 Å². The summed E-state index contributed by atoms with van der Waals surface area (Å²) in [5, 5.41) is 4.27. The molecule has 7 nitrogen and oxygen atoms in total. The van der Waals surface area contributed by atoms with Gasteiger partial charge >= 0.3 is 0 Å². The molecule has 3 rings (SSSR count). The molecule has 2 aromatic rings. The number of hydrogen-bond donors (Lipinski definition) is 0. The van der Waals surface area contributed by atoms with Gasteiger partial charge in [0.15, 0.2) is 0 Å². The van der Waals surface area contributed by atoms with E-state index in [4.69, 9.17) is 0 Å². The first-order chi connectivity index (χ1) is 11.9. The first-order valence-corrected chi connectivity index (χ1v) is 9.96. The summed E-state index contributed by atoms with van der Waals surface area (Å²) in [6, 6.07) is 6.06. The van der Waals surface area contributed by atoms with E-state index in [1.165, 1.54) is 4.31 Å². The summed E-state index contributed by atoms with van der Waals surface area (Å²) in [4.78, 5) is 4.57. The minimum atomic E-state index is -3.30. The van der Waals surface area contributed by atoms with Crippen molar-refractivity contribution >= 4 is 10.2 Å². The lowest BCUT2D eigenvalue weighted by atomic mass is 10.00. The van der Waals surface area contributed by atoms with Crippen LogP contribution >= 0.6 is 0 Å². The molecular weight excluding hydrogens is 338 g/mol. The second-order valence-corrected chi connectivity index (χ2v) is 8.73. The van der Waals surface area contributed by atoms with Crippen LogP contribution in [0.3, 0.4) is 0 Å². The predicted molar refractivity (Wildman–Crippen MR) is 97.1 cm³/mol. The molecule has 1 aliphatic rings. The van der Waals surface area contributed by atoms with Gasteiger partial charge in [-0.15, -0.1) is 0 Å². The average Bonchev–Trinajstić information content (AvgIpc) is 3.24. The highest BCUT2D eigenvalue weighted by Crippen LogP contribution is 2.24. The third kappa shape index (κ3) is 3.75. The summed E-state index contributed by atoms with van der Waals surface area (Å²) in [7, 11) is -0.153. The van der Waals surface area contributed by atoms with Gasteiger partial charge in [-0.1, -0.05) is 6.07 Å². The molecule has 136 valence electrons. The van der Waals surface area contributed by atoms with Crippen molar-refractivity contribution in [2.24, 2.45) is 5.92 Å². The zero-order valence-electron chi connectivity index (χ0n) is 15.0. The highest BCUT2D eigenvalue weighted by Gasteiger charge is 2.32. The summed E-state index contributed by atoms with van der Waals surface area (Å²) < 4.78 is 29.2. The molecule has 0 bridgehead atoms. The fourth-order valence-corrected chi connectivity index (χ4v) is 4.43. The molecule has 0 aromatic carbocycles. The standard InChI is InChI=1S/C17H25N5O2S/c1-4-22-17(7-9-19-22)16-6-5-14(12-18-16)11-15-8-10-21(13-15)25(23,24)20(2)3/h5-7,9,12,15H,4,8,10-11,13H2,1-3H3/t15-/m1/s1. The topological polar surface area (TPSA) is 71.3 Å². The number of rotatable bonds is 6. The Labute approximate surface area is 149 Å². The van der Waals surface area contributed by atoms with Crippen LogP contribution in [0.4, 0.5) is 0 Å². The summed E-state index contributed by atoms with van der Waals surface area (Å²) in [5.74, 6) is 0.337. The van der Waals surface area contributed by atoms with E-state index in [-0.39, 0.29) is 0 Å². The van der Waals surface area contributed by atoms with Crippen LogP contribution < -0.4 is 0 Å². The smallest absolute Gasteiger partial charge is 0.264 e. The van der Waals surface area contributed by atoms with E-state index in [0.717, 1.165) is 36.3 Å². The number of pyridine rings is 1. The Kier molecular flexibility index (Phi) is 5.21. The summed E-state index contributed by atoms with van der Waals surface area (Å²) in [6.45, 7) is 4.03. The highest BCUT2D eigenvalue weighted by molar-refractivity contribution is 7.86. The van der Waals surface area contributed by atoms with Crippen molar-refractivity contribution in [3.05, 3.63) is 36.2 Å². The van der Waals surface area contributed by atoms with Gasteiger partial charge in [-0.25, -0.2) is 0 Å². The third-order valence-corrected chi connectivity index (χ3v) is 6.57. The van der Waals surface area contributed by atoms with E-state index < -0.39 is 10.2 Å². The molecule has 3 heterocycles. The van der Waals surface area contributed by atoms with E-state index in [1.54, 1.807) is 24.6 Å². The minimum absolute atomic E-state index is 0.337. The van der Waals surface area contributed by atoms with Gasteiger partial charge in [0.25, 0.3) is 10.2 Å². The van der Waals surface area contributed by atoms with Crippen LogP contribution in [-0.4, -0.2) is 59.0 Å². The van der Waals surface area contributed by atoms with Crippen LogP contribution in [-0.2, 0) is 23.2 Å². The SMILES string of the molecule is CCn1nccc1-c1ccc(C[C@H]2CCN(S(=O)(=O)N(C)C)C2)cn1. The first kappa shape index (κ1) is 18.0. The Morgan fingerprint density at radius 1 is 1.28 bits per heavy atom.